The molecule has 1 saturated heterocycles. The van der Waals surface area contributed by atoms with Crippen molar-refractivity contribution >= 4 is 5.97 Å². The van der Waals surface area contributed by atoms with Gasteiger partial charge in [-0.1, -0.05) is 0 Å². The summed E-state index contributed by atoms with van der Waals surface area (Å²) in [7, 11) is 3.79. The van der Waals surface area contributed by atoms with Crippen molar-refractivity contribution in [1.82, 2.24) is 4.90 Å². The Hall–Kier alpha value is -0.650. The summed E-state index contributed by atoms with van der Waals surface area (Å²) in [5.41, 5.74) is 0. The van der Waals surface area contributed by atoms with Crippen molar-refractivity contribution in [2.45, 2.75) is 44.8 Å². The van der Waals surface area contributed by atoms with Crippen LogP contribution in [0.2, 0.25) is 0 Å². The number of hydrogen-bond donors (Lipinski definition) is 1. The molecule has 0 amide bonds. The van der Waals surface area contributed by atoms with Crippen LogP contribution in [0.5, 0.6) is 0 Å². The number of rotatable bonds is 2. The van der Waals surface area contributed by atoms with E-state index in [1.807, 2.05) is 25.9 Å². The first-order valence-corrected chi connectivity index (χ1v) is 5.09. The SMILES string of the molecule is CC(=O)OC1C(O)O[C@H](C)C[C@@H]1N(C)C. The molecule has 1 aliphatic heterocycles. The van der Waals surface area contributed by atoms with E-state index < -0.39 is 18.4 Å². The van der Waals surface area contributed by atoms with Gasteiger partial charge in [0, 0.05) is 6.92 Å². The van der Waals surface area contributed by atoms with Gasteiger partial charge in [-0.2, -0.15) is 0 Å². The molecular formula is C10H19NO4. The van der Waals surface area contributed by atoms with E-state index in [0.29, 0.717) is 0 Å². The number of hydrogen-bond acceptors (Lipinski definition) is 5. The number of ether oxygens (including phenoxy) is 2. The topological polar surface area (TPSA) is 59.0 Å². The van der Waals surface area contributed by atoms with Gasteiger partial charge in [0.15, 0.2) is 12.4 Å². The van der Waals surface area contributed by atoms with Gasteiger partial charge in [-0.05, 0) is 27.4 Å². The molecular weight excluding hydrogens is 198 g/mol. The minimum absolute atomic E-state index is 0.00681. The lowest BCUT2D eigenvalue weighted by atomic mass is 9.99. The van der Waals surface area contributed by atoms with Gasteiger partial charge in [0.2, 0.25) is 0 Å². The molecule has 0 aromatic rings. The summed E-state index contributed by atoms with van der Waals surface area (Å²) < 4.78 is 10.3. The highest BCUT2D eigenvalue weighted by Gasteiger charge is 2.39. The molecule has 1 rings (SSSR count). The number of likely N-dealkylation sites (N-methyl/N-ethyl adjacent to an activating group) is 1. The number of aliphatic hydroxyl groups excluding tert-OH is 1. The zero-order valence-electron chi connectivity index (χ0n) is 9.64. The van der Waals surface area contributed by atoms with Gasteiger partial charge in [0.1, 0.15) is 0 Å². The third-order valence-corrected chi connectivity index (χ3v) is 2.57. The van der Waals surface area contributed by atoms with Gasteiger partial charge in [-0.25, -0.2) is 0 Å². The second kappa shape index (κ2) is 4.92. The van der Waals surface area contributed by atoms with Crippen molar-refractivity contribution in [1.29, 1.82) is 0 Å². The number of nitrogens with zero attached hydrogens (tertiary/aromatic N) is 1. The lowest BCUT2D eigenvalue weighted by molar-refractivity contribution is -0.240. The average molecular weight is 217 g/mol. The molecule has 15 heavy (non-hydrogen) atoms. The highest BCUT2D eigenvalue weighted by atomic mass is 16.6. The van der Waals surface area contributed by atoms with Crippen molar-refractivity contribution in [3.8, 4) is 0 Å². The Labute approximate surface area is 90.0 Å². The van der Waals surface area contributed by atoms with Gasteiger partial charge in [0.25, 0.3) is 0 Å². The van der Waals surface area contributed by atoms with Crippen molar-refractivity contribution in [2.75, 3.05) is 14.1 Å². The molecule has 0 aliphatic carbocycles. The van der Waals surface area contributed by atoms with Crippen LogP contribution >= 0.6 is 0 Å². The monoisotopic (exact) mass is 217 g/mol. The van der Waals surface area contributed by atoms with Crippen LogP contribution in [0.25, 0.3) is 0 Å². The Bertz CT molecular complexity index is 231. The first-order valence-electron chi connectivity index (χ1n) is 5.09. The molecule has 1 fully saturated rings. The number of esters is 1. The molecule has 1 aliphatic rings. The van der Waals surface area contributed by atoms with Crippen LogP contribution in [0.4, 0.5) is 0 Å². The first kappa shape index (κ1) is 12.4. The normalized spacial score (nSPS) is 36.7. The molecule has 0 radical (unpaired) electrons. The maximum atomic E-state index is 10.9. The standard InChI is InChI=1S/C10H19NO4/c1-6-5-8(11(3)4)9(10(13)14-6)15-7(2)12/h6,8-10,13H,5H2,1-4H3/t6-,8+,9?,10?/m1/s1. The molecule has 1 heterocycles. The van der Waals surface area contributed by atoms with E-state index in [1.54, 1.807) is 0 Å². The lowest BCUT2D eigenvalue weighted by Crippen LogP contribution is -2.54. The Kier molecular flexibility index (Phi) is 4.07. The highest BCUT2D eigenvalue weighted by molar-refractivity contribution is 5.66. The van der Waals surface area contributed by atoms with Crippen molar-refractivity contribution in [2.24, 2.45) is 0 Å². The van der Waals surface area contributed by atoms with Crippen molar-refractivity contribution in [3.05, 3.63) is 0 Å². The largest absolute Gasteiger partial charge is 0.455 e. The van der Waals surface area contributed by atoms with Gasteiger partial charge in [-0.3, -0.25) is 4.79 Å². The maximum absolute atomic E-state index is 10.9. The van der Waals surface area contributed by atoms with Crippen LogP contribution < -0.4 is 0 Å². The molecule has 4 atom stereocenters. The molecule has 5 heteroatoms. The molecule has 0 saturated carbocycles. The van der Waals surface area contributed by atoms with Gasteiger partial charge in [0.05, 0.1) is 12.1 Å². The minimum atomic E-state index is -1.04. The average Bonchev–Trinajstić information content (AvgIpc) is 2.08. The fourth-order valence-corrected chi connectivity index (χ4v) is 1.87. The number of aliphatic hydroxyl groups is 1. The molecule has 0 aromatic carbocycles. The van der Waals surface area contributed by atoms with Crippen LogP contribution in [0.3, 0.4) is 0 Å². The van der Waals surface area contributed by atoms with Gasteiger partial charge >= 0.3 is 5.97 Å². The van der Waals surface area contributed by atoms with Crippen LogP contribution in [0.15, 0.2) is 0 Å². The summed E-state index contributed by atoms with van der Waals surface area (Å²) in [5.74, 6) is -0.399. The van der Waals surface area contributed by atoms with E-state index in [-0.39, 0.29) is 12.1 Å². The van der Waals surface area contributed by atoms with Crippen molar-refractivity contribution < 1.29 is 19.4 Å². The molecule has 2 unspecified atom stereocenters. The summed E-state index contributed by atoms with van der Waals surface area (Å²) in [4.78, 5) is 12.8. The quantitative estimate of drug-likeness (QED) is 0.658. The smallest absolute Gasteiger partial charge is 0.303 e. The fourth-order valence-electron chi connectivity index (χ4n) is 1.87. The second-order valence-electron chi connectivity index (χ2n) is 4.18. The fraction of sp³-hybridized carbons (Fsp3) is 0.900. The molecule has 0 bridgehead atoms. The highest BCUT2D eigenvalue weighted by Crippen LogP contribution is 2.24. The Balaban J connectivity index is 2.73. The molecule has 5 nitrogen and oxygen atoms in total. The Morgan fingerprint density at radius 3 is 2.60 bits per heavy atom. The number of carbonyl (C=O) groups excluding carboxylic acids is 1. The maximum Gasteiger partial charge on any atom is 0.303 e. The third kappa shape index (κ3) is 3.15. The zero-order valence-corrected chi connectivity index (χ0v) is 9.64. The Morgan fingerprint density at radius 2 is 2.13 bits per heavy atom. The molecule has 88 valence electrons. The first-order chi connectivity index (χ1) is 6.91. The van der Waals surface area contributed by atoms with Gasteiger partial charge < -0.3 is 19.5 Å². The second-order valence-corrected chi connectivity index (χ2v) is 4.18. The predicted molar refractivity (Wildman–Crippen MR) is 54.2 cm³/mol. The molecule has 0 spiro atoms. The van der Waals surface area contributed by atoms with Crippen LogP contribution in [0.1, 0.15) is 20.3 Å². The number of carbonyl (C=O) groups is 1. The summed E-state index contributed by atoms with van der Waals surface area (Å²) in [6, 6.07) is -0.00681. The summed E-state index contributed by atoms with van der Waals surface area (Å²) in [6.07, 6.45) is -0.930. The third-order valence-electron chi connectivity index (χ3n) is 2.57. The van der Waals surface area contributed by atoms with Crippen LogP contribution in [0, 0.1) is 0 Å². The molecule has 0 aromatic heterocycles. The zero-order chi connectivity index (χ0) is 11.6. The summed E-state index contributed by atoms with van der Waals surface area (Å²) in [6.45, 7) is 3.22. The predicted octanol–water partition coefficient (Wildman–Crippen LogP) is -0.0245. The summed E-state index contributed by atoms with van der Waals surface area (Å²) >= 11 is 0. The lowest BCUT2D eigenvalue weighted by Gasteiger charge is -2.40. The van der Waals surface area contributed by atoms with E-state index in [9.17, 15) is 9.90 Å². The molecule has 1 N–H and O–H groups in total. The van der Waals surface area contributed by atoms with Gasteiger partial charge in [-0.15, -0.1) is 0 Å². The minimum Gasteiger partial charge on any atom is -0.455 e. The van der Waals surface area contributed by atoms with E-state index in [0.717, 1.165) is 6.42 Å². The summed E-state index contributed by atoms with van der Waals surface area (Å²) in [5, 5.41) is 9.68. The van der Waals surface area contributed by atoms with E-state index in [4.69, 9.17) is 9.47 Å². The van der Waals surface area contributed by atoms with E-state index in [2.05, 4.69) is 0 Å². The van der Waals surface area contributed by atoms with Crippen molar-refractivity contribution in [3.63, 3.8) is 0 Å². The van der Waals surface area contributed by atoms with Crippen LogP contribution in [-0.4, -0.2) is 54.6 Å². The van der Waals surface area contributed by atoms with E-state index >= 15 is 0 Å². The van der Waals surface area contributed by atoms with Crippen LogP contribution in [-0.2, 0) is 14.3 Å². The van der Waals surface area contributed by atoms with E-state index in [1.165, 1.54) is 6.92 Å². The Morgan fingerprint density at radius 1 is 1.53 bits per heavy atom.